The van der Waals surface area contributed by atoms with Crippen LogP contribution in [0, 0.1) is 0 Å². The van der Waals surface area contributed by atoms with Gasteiger partial charge in [-0.05, 0) is 0 Å². The molecule has 2 atom stereocenters. The minimum atomic E-state index is -3.15. The van der Waals surface area contributed by atoms with E-state index in [-0.39, 0.29) is 0 Å². The van der Waals surface area contributed by atoms with Crippen molar-refractivity contribution < 1.29 is 13.2 Å². The number of hydrogen-bond donors (Lipinski definition) is 0. The lowest BCUT2D eigenvalue weighted by atomic mass is 9.92. The van der Waals surface area contributed by atoms with Gasteiger partial charge in [-0.15, -0.1) is 11.6 Å². The molecule has 0 aromatic heterocycles. The molecule has 1 saturated carbocycles. The Bertz CT molecular complexity index is 103. The van der Waals surface area contributed by atoms with Crippen LogP contribution in [0.4, 0.5) is 13.2 Å². The second-order valence-corrected chi connectivity index (χ2v) is 2.44. The highest BCUT2D eigenvalue weighted by atomic mass is 35.5. The van der Waals surface area contributed by atoms with Crippen molar-refractivity contribution in [2.75, 3.05) is 0 Å². The summed E-state index contributed by atoms with van der Waals surface area (Å²) in [6.45, 7) is 0. The van der Waals surface area contributed by atoms with Crippen LogP contribution in [0.15, 0.2) is 0 Å². The molecule has 48 valence electrons. The fraction of sp³-hybridized carbons (Fsp3) is 1.00. The Morgan fingerprint density at radius 3 is 2.00 bits per heavy atom. The molecule has 0 aromatic rings. The standard InChI is InChI=1S/C4H4ClF3/c5-2-1-4(7,8)3(2)6/h2-3H,1H2/t2-,3+/m1/s1. The van der Waals surface area contributed by atoms with Gasteiger partial charge in [-0.1, -0.05) is 0 Å². The Morgan fingerprint density at radius 1 is 1.50 bits per heavy atom. The van der Waals surface area contributed by atoms with Crippen molar-refractivity contribution in [2.24, 2.45) is 0 Å². The summed E-state index contributed by atoms with van der Waals surface area (Å²) in [7, 11) is 0. The van der Waals surface area contributed by atoms with Gasteiger partial charge in [0.2, 0.25) is 0 Å². The minimum absolute atomic E-state index is 0.518. The van der Waals surface area contributed by atoms with Crippen molar-refractivity contribution in [1.82, 2.24) is 0 Å². The Hall–Kier alpha value is 0.0800. The lowest BCUT2D eigenvalue weighted by Gasteiger charge is -2.34. The molecule has 0 unspecified atom stereocenters. The molecule has 0 amide bonds. The van der Waals surface area contributed by atoms with Crippen molar-refractivity contribution in [2.45, 2.75) is 23.9 Å². The van der Waals surface area contributed by atoms with Gasteiger partial charge in [0.15, 0.2) is 6.17 Å². The van der Waals surface area contributed by atoms with E-state index in [1.807, 2.05) is 0 Å². The number of alkyl halides is 4. The summed E-state index contributed by atoms with van der Waals surface area (Å²) < 4.78 is 35.3. The van der Waals surface area contributed by atoms with Gasteiger partial charge >= 0.3 is 0 Å². The summed E-state index contributed by atoms with van der Waals surface area (Å²) in [6.07, 6.45) is -2.64. The second kappa shape index (κ2) is 1.53. The van der Waals surface area contributed by atoms with E-state index in [0.717, 1.165) is 0 Å². The number of halogens is 4. The molecule has 0 bridgehead atoms. The third-order valence-electron chi connectivity index (χ3n) is 1.19. The maximum Gasteiger partial charge on any atom is 0.281 e. The number of hydrogen-bond acceptors (Lipinski definition) is 0. The van der Waals surface area contributed by atoms with E-state index >= 15 is 0 Å². The fourth-order valence-corrected chi connectivity index (χ4v) is 0.970. The van der Waals surface area contributed by atoms with E-state index in [2.05, 4.69) is 0 Å². The van der Waals surface area contributed by atoms with Gasteiger partial charge in [0.05, 0.1) is 5.38 Å². The van der Waals surface area contributed by atoms with Crippen molar-refractivity contribution in [1.29, 1.82) is 0 Å². The topological polar surface area (TPSA) is 0 Å². The molecule has 1 aliphatic carbocycles. The van der Waals surface area contributed by atoms with Crippen LogP contribution in [0.25, 0.3) is 0 Å². The second-order valence-electron chi connectivity index (χ2n) is 1.88. The first kappa shape index (κ1) is 6.20. The van der Waals surface area contributed by atoms with Crippen LogP contribution >= 0.6 is 11.6 Å². The summed E-state index contributed by atoms with van der Waals surface area (Å²) in [5, 5.41) is -0.968. The van der Waals surface area contributed by atoms with Crippen LogP contribution < -0.4 is 0 Å². The maximum absolute atomic E-state index is 11.8. The summed E-state index contributed by atoms with van der Waals surface area (Å²) in [4.78, 5) is 0. The molecule has 4 heteroatoms. The maximum atomic E-state index is 11.8. The molecule has 1 aliphatic rings. The minimum Gasteiger partial charge on any atom is -0.239 e. The molecule has 0 N–H and O–H groups in total. The lowest BCUT2D eigenvalue weighted by molar-refractivity contribution is -0.138. The van der Waals surface area contributed by atoms with Gasteiger partial charge in [-0.25, -0.2) is 13.2 Å². The summed E-state index contributed by atoms with van der Waals surface area (Å²) in [5.74, 6) is -3.15. The van der Waals surface area contributed by atoms with Crippen LogP contribution in [-0.4, -0.2) is 17.5 Å². The quantitative estimate of drug-likeness (QED) is 0.456. The molecule has 0 spiro atoms. The van der Waals surface area contributed by atoms with Crippen LogP contribution in [0.5, 0.6) is 0 Å². The molecule has 8 heavy (non-hydrogen) atoms. The molecule has 1 fully saturated rings. The van der Waals surface area contributed by atoms with Crippen LogP contribution in [0.3, 0.4) is 0 Å². The largest absolute Gasteiger partial charge is 0.281 e. The van der Waals surface area contributed by atoms with Gasteiger partial charge in [-0.2, -0.15) is 0 Å². The highest BCUT2D eigenvalue weighted by Crippen LogP contribution is 2.43. The molecule has 1 rings (SSSR count). The van der Waals surface area contributed by atoms with Gasteiger partial charge < -0.3 is 0 Å². The predicted octanol–water partition coefficient (Wildman–Crippen LogP) is 1.97. The highest BCUT2D eigenvalue weighted by molar-refractivity contribution is 6.21. The summed E-state index contributed by atoms with van der Waals surface area (Å²) >= 11 is 5.03. The Kier molecular flexibility index (Phi) is 1.19. The van der Waals surface area contributed by atoms with Crippen molar-refractivity contribution in [3.8, 4) is 0 Å². The monoisotopic (exact) mass is 144 g/mol. The lowest BCUT2D eigenvalue weighted by Crippen LogP contribution is -2.50. The third kappa shape index (κ3) is 0.690. The van der Waals surface area contributed by atoms with Crippen LogP contribution in [0.2, 0.25) is 0 Å². The zero-order chi connectivity index (χ0) is 6.36. The molecular formula is C4H4ClF3. The van der Waals surface area contributed by atoms with Gasteiger partial charge in [0.25, 0.3) is 5.92 Å². The first-order chi connectivity index (χ1) is 3.54. The molecular weight excluding hydrogens is 140 g/mol. The Labute approximate surface area is 49.6 Å². The van der Waals surface area contributed by atoms with E-state index in [1.165, 1.54) is 0 Å². The fourth-order valence-electron chi connectivity index (χ4n) is 0.580. The van der Waals surface area contributed by atoms with E-state index in [9.17, 15) is 13.2 Å². The zero-order valence-electron chi connectivity index (χ0n) is 3.87. The van der Waals surface area contributed by atoms with E-state index in [1.54, 1.807) is 0 Å². The van der Waals surface area contributed by atoms with Crippen molar-refractivity contribution in [3.05, 3.63) is 0 Å². The molecule has 0 aliphatic heterocycles. The van der Waals surface area contributed by atoms with Crippen molar-refractivity contribution >= 4 is 11.6 Å². The third-order valence-corrected chi connectivity index (χ3v) is 1.56. The van der Waals surface area contributed by atoms with Gasteiger partial charge in [0.1, 0.15) is 0 Å². The molecule has 0 radical (unpaired) electrons. The smallest absolute Gasteiger partial charge is 0.239 e. The summed E-state index contributed by atoms with van der Waals surface area (Å²) in [5.41, 5.74) is 0. The average molecular weight is 145 g/mol. The zero-order valence-corrected chi connectivity index (χ0v) is 4.63. The van der Waals surface area contributed by atoms with E-state index in [4.69, 9.17) is 11.6 Å². The molecule has 0 heterocycles. The SMILES string of the molecule is F[C@H]1[C@H](Cl)CC1(F)F. The predicted molar refractivity (Wildman–Crippen MR) is 24.1 cm³/mol. The summed E-state index contributed by atoms with van der Waals surface area (Å²) in [6, 6.07) is 0. The Balaban J connectivity index is 2.47. The molecule has 0 saturated heterocycles. The van der Waals surface area contributed by atoms with Gasteiger partial charge in [-0.3, -0.25) is 0 Å². The normalized spacial score (nSPS) is 43.5. The molecule has 0 aromatic carbocycles. The first-order valence-corrected chi connectivity index (χ1v) is 2.63. The van der Waals surface area contributed by atoms with Crippen LogP contribution in [0.1, 0.15) is 6.42 Å². The van der Waals surface area contributed by atoms with E-state index < -0.39 is 23.9 Å². The van der Waals surface area contributed by atoms with Gasteiger partial charge in [0, 0.05) is 6.42 Å². The Morgan fingerprint density at radius 2 is 2.00 bits per heavy atom. The number of rotatable bonds is 0. The first-order valence-electron chi connectivity index (χ1n) is 2.20. The molecule has 0 nitrogen and oxygen atoms in total. The van der Waals surface area contributed by atoms with Crippen molar-refractivity contribution in [3.63, 3.8) is 0 Å². The highest BCUT2D eigenvalue weighted by Gasteiger charge is 2.56. The average Bonchev–Trinajstić information content (AvgIpc) is 1.65. The van der Waals surface area contributed by atoms with E-state index in [0.29, 0.717) is 0 Å². The van der Waals surface area contributed by atoms with Crippen LogP contribution in [-0.2, 0) is 0 Å².